The number of rotatable bonds is 4. The average Bonchev–Trinajstić information content (AvgIpc) is 2.81. The highest BCUT2D eigenvalue weighted by Gasteiger charge is 2.39. The third-order valence-corrected chi connectivity index (χ3v) is 3.61. The van der Waals surface area contributed by atoms with Crippen molar-refractivity contribution in [2.75, 3.05) is 6.54 Å². The number of carbonyl (C=O) groups excluding carboxylic acids is 2. The van der Waals surface area contributed by atoms with E-state index in [1.165, 1.54) is 0 Å². The Morgan fingerprint density at radius 2 is 2.16 bits per heavy atom. The monoisotopic (exact) mass is 263 g/mol. The smallest absolute Gasteiger partial charge is 0.223 e. The summed E-state index contributed by atoms with van der Waals surface area (Å²) in [5, 5.41) is 0. The molecule has 2 heterocycles. The summed E-state index contributed by atoms with van der Waals surface area (Å²) in [4.78, 5) is 25.3. The van der Waals surface area contributed by atoms with Crippen LogP contribution in [-0.2, 0) is 16.0 Å². The van der Waals surface area contributed by atoms with Crippen molar-refractivity contribution in [1.29, 1.82) is 0 Å². The Balaban J connectivity index is 1.83. The van der Waals surface area contributed by atoms with Gasteiger partial charge in [-0.25, -0.2) is 0 Å². The summed E-state index contributed by atoms with van der Waals surface area (Å²) in [6, 6.07) is 3.88. The van der Waals surface area contributed by atoms with Gasteiger partial charge in [-0.2, -0.15) is 0 Å². The number of carbonyl (C=O) groups is 2. The minimum absolute atomic E-state index is 0.0686. The topological polar surface area (TPSA) is 50.5 Å². The van der Waals surface area contributed by atoms with Gasteiger partial charge in [0, 0.05) is 24.8 Å². The number of amides is 1. The van der Waals surface area contributed by atoms with Crippen LogP contribution in [-0.4, -0.2) is 28.7 Å². The Morgan fingerprint density at radius 3 is 2.68 bits per heavy atom. The molecule has 2 rings (SSSR count). The van der Waals surface area contributed by atoms with Gasteiger partial charge < -0.3 is 9.32 Å². The molecule has 104 valence electrons. The molecule has 1 aliphatic rings. The molecule has 0 spiro atoms. The van der Waals surface area contributed by atoms with Gasteiger partial charge in [-0.05, 0) is 39.3 Å². The summed E-state index contributed by atoms with van der Waals surface area (Å²) in [5.74, 6) is 2.04. The van der Waals surface area contributed by atoms with Gasteiger partial charge in [-0.15, -0.1) is 0 Å². The van der Waals surface area contributed by atoms with Gasteiger partial charge in [0.1, 0.15) is 11.5 Å². The molecule has 0 unspecified atom stereocenters. The van der Waals surface area contributed by atoms with Gasteiger partial charge in [0.15, 0.2) is 5.78 Å². The number of furan rings is 1. The van der Waals surface area contributed by atoms with Crippen LogP contribution in [0.5, 0.6) is 0 Å². The normalized spacial score (nSPS) is 18.1. The van der Waals surface area contributed by atoms with Gasteiger partial charge in [0.05, 0.1) is 6.54 Å². The molecule has 0 aromatic carbocycles. The fourth-order valence-corrected chi connectivity index (χ4v) is 2.62. The largest absolute Gasteiger partial charge is 0.466 e. The van der Waals surface area contributed by atoms with Crippen LogP contribution in [0, 0.1) is 6.92 Å². The van der Waals surface area contributed by atoms with Crippen LogP contribution >= 0.6 is 0 Å². The summed E-state index contributed by atoms with van der Waals surface area (Å²) in [6.07, 6.45) is 2.46. The van der Waals surface area contributed by atoms with Crippen LogP contribution in [0.3, 0.4) is 0 Å². The second-order valence-electron chi connectivity index (χ2n) is 5.87. The van der Waals surface area contributed by atoms with Gasteiger partial charge in [-0.1, -0.05) is 0 Å². The van der Waals surface area contributed by atoms with Crippen LogP contribution in [0.15, 0.2) is 16.5 Å². The Morgan fingerprint density at radius 1 is 1.42 bits per heavy atom. The van der Waals surface area contributed by atoms with Crippen LogP contribution in [0.4, 0.5) is 0 Å². The van der Waals surface area contributed by atoms with E-state index in [9.17, 15) is 9.59 Å². The number of likely N-dealkylation sites (tertiary alicyclic amines) is 1. The minimum atomic E-state index is -0.324. The summed E-state index contributed by atoms with van der Waals surface area (Å²) < 4.78 is 5.47. The molecule has 0 bridgehead atoms. The van der Waals surface area contributed by atoms with Crippen molar-refractivity contribution in [3.63, 3.8) is 0 Å². The zero-order valence-corrected chi connectivity index (χ0v) is 11.9. The maximum Gasteiger partial charge on any atom is 0.223 e. The Bertz CT molecular complexity index is 487. The summed E-state index contributed by atoms with van der Waals surface area (Å²) in [7, 11) is 0. The maximum atomic E-state index is 12.1. The van der Waals surface area contributed by atoms with Crippen molar-refractivity contribution in [3.8, 4) is 0 Å². The SMILES string of the molecule is Cc1ccc(CCCC(=O)N2CC(=O)CC2(C)C)o1. The van der Waals surface area contributed by atoms with E-state index in [-0.39, 0.29) is 23.8 Å². The van der Waals surface area contributed by atoms with E-state index in [4.69, 9.17) is 4.42 Å². The van der Waals surface area contributed by atoms with Gasteiger partial charge in [-0.3, -0.25) is 9.59 Å². The lowest BCUT2D eigenvalue weighted by Gasteiger charge is -2.30. The van der Waals surface area contributed by atoms with Gasteiger partial charge >= 0.3 is 0 Å². The third kappa shape index (κ3) is 3.25. The first-order valence-electron chi connectivity index (χ1n) is 6.76. The quantitative estimate of drug-likeness (QED) is 0.838. The molecule has 0 saturated carbocycles. The van der Waals surface area contributed by atoms with E-state index in [1.54, 1.807) is 4.90 Å². The molecule has 4 heteroatoms. The van der Waals surface area contributed by atoms with Crippen molar-refractivity contribution in [3.05, 3.63) is 23.7 Å². The van der Waals surface area contributed by atoms with Gasteiger partial charge in [0.25, 0.3) is 0 Å². The molecule has 1 aromatic rings. The molecule has 0 aliphatic carbocycles. The highest BCUT2D eigenvalue weighted by atomic mass is 16.3. The number of ketones is 1. The maximum absolute atomic E-state index is 12.1. The molecule has 1 saturated heterocycles. The molecule has 0 N–H and O–H groups in total. The van der Waals surface area contributed by atoms with Gasteiger partial charge in [0.2, 0.25) is 5.91 Å². The predicted octanol–water partition coefficient (Wildman–Crippen LogP) is 2.49. The molecule has 4 nitrogen and oxygen atoms in total. The van der Waals surface area contributed by atoms with Crippen LogP contribution in [0.2, 0.25) is 0 Å². The summed E-state index contributed by atoms with van der Waals surface area (Å²) in [6.45, 7) is 6.08. The summed E-state index contributed by atoms with van der Waals surface area (Å²) in [5.41, 5.74) is -0.324. The summed E-state index contributed by atoms with van der Waals surface area (Å²) >= 11 is 0. The minimum Gasteiger partial charge on any atom is -0.466 e. The molecule has 0 atom stereocenters. The molecule has 0 radical (unpaired) electrons. The van der Waals surface area contributed by atoms with Crippen molar-refractivity contribution in [1.82, 2.24) is 4.90 Å². The predicted molar refractivity (Wildman–Crippen MR) is 71.8 cm³/mol. The molecular weight excluding hydrogens is 242 g/mol. The average molecular weight is 263 g/mol. The first kappa shape index (κ1) is 13.8. The molecular formula is C15H21NO3. The zero-order chi connectivity index (χ0) is 14.0. The van der Waals surface area contributed by atoms with Crippen molar-refractivity contribution >= 4 is 11.7 Å². The van der Waals surface area contributed by atoms with E-state index >= 15 is 0 Å². The van der Waals surface area contributed by atoms with E-state index in [0.717, 1.165) is 24.4 Å². The van der Waals surface area contributed by atoms with Crippen LogP contribution < -0.4 is 0 Å². The Labute approximate surface area is 113 Å². The lowest BCUT2D eigenvalue weighted by molar-refractivity contribution is -0.135. The highest BCUT2D eigenvalue weighted by molar-refractivity contribution is 5.91. The molecule has 1 aromatic heterocycles. The fourth-order valence-electron chi connectivity index (χ4n) is 2.62. The lowest BCUT2D eigenvalue weighted by atomic mass is 10.0. The number of aryl methyl sites for hydroxylation is 2. The Hall–Kier alpha value is -1.58. The number of hydrogen-bond donors (Lipinski definition) is 0. The van der Waals surface area contributed by atoms with Crippen molar-refractivity contribution in [2.24, 2.45) is 0 Å². The van der Waals surface area contributed by atoms with Crippen LogP contribution in [0.1, 0.15) is 44.6 Å². The van der Waals surface area contributed by atoms with Crippen molar-refractivity contribution in [2.45, 2.75) is 52.0 Å². The Kier molecular flexibility index (Phi) is 3.78. The van der Waals surface area contributed by atoms with E-state index in [1.807, 2.05) is 32.9 Å². The second-order valence-corrected chi connectivity index (χ2v) is 5.87. The fraction of sp³-hybridized carbons (Fsp3) is 0.600. The highest BCUT2D eigenvalue weighted by Crippen LogP contribution is 2.27. The molecule has 1 aliphatic heterocycles. The second kappa shape index (κ2) is 5.19. The number of hydrogen-bond acceptors (Lipinski definition) is 3. The first-order valence-corrected chi connectivity index (χ1v) is 6.76. The first-order chi connectivity index (χ1) is 8.88. The van der Waals surface area contributed by atoms with Crippen LogP contribution in [0.25, 0.3) is 0 Å². The lowest BCUT2D eigenvalue weighted by Crippen LogP contribution is -2.42. The molecule has 1 fully saturated rings. The number of nitrogens with zero attached hydrogens (tertiary/aromatic N) is 1. The van der Waals surface area contributed by atoms with Crippen molar-refractivity contribution < 1.29 is 14.0 Å². The van der Waals surface area contributed by atoms with E-state index in [0.29, 0.717) is 12.8 Å². The standard InChI is InChI=1S/C15H21NO3/c1-11-7-8-13(19-11)5-4-6-14(18)16-10-12(17)9-15(16,2)3/h7-8H,4-6,9-10H2,1-3H3. The molecule has 19 heavy (non-hydrogen) atoms. The third-order valence-electron chi connectivity index (χ3n) is 3.61. The van der Waals surface area contributed by atoms with E-state index in [2.05, 4.69) is 0 Å². The molecule has 1 amide bonds. The van der Waals surface area contributed by atoms with E-state index < -0.39 is 0 Å². The number of Topliss-reactive ketones (excluding diaryl/α,β-unsaturated/α-hetero) is 1. The zero-order valence-electron chi connectivity index (χ0n) is 11.9.